The van der Waals surface area contributed by atoms with Crippen LogP contribution in [0.4, 0.5) is 0 Å². The number of benzene rings is 3. The molecule has 0 spiro atoms. The number of carboxylic acid groups (broad SMARTS) is 1. The molecule has 40 heavy (non-hydrogen) atoms. The first kappa shape index (κ1) is 24.7. The van der Waals surface area contributed by atoms with Crippen LogP contribution in [0.2, 0.25) is 0 Å². The molecule has 2 bridgehead atoms. The second-order valence-corrected chi connectivity index (χ2v) is 11.7. The van der Waals surface area contributed by atoms with Crippen molar-refractivity contribution >= 4 is 28.4 Å². The number of aromatic nitrogens is 1. The molecular formula is C34H32N2O4. The van der Waals surface area contributed by atoms with Crippen LogP contribution in [0.5, 0.6) is 5.75 Å². The molecule has 8 rings (SSSR count). The van der Waals surface area contributed by atoms with Gasteiger partial charge in [0.25, 0.3) is 5.91 Å². The van der Waals surface area contributed by atoms with E-state index in [-0.39, 0.29) is 24.3 Å². The first-order valence-corrected chi connectivity index (χ1v) is 13.9. The second-order valence-electron chi connectivity index (χ2n) is 11.7. The van der Waals surface area contributed by atoms with Gasteiger partial charge >= 0.3 is 5.97 Å². The molecule has 4 aromatic rings. The Hall–Kier alpha value is -4.32. The van der Waals surface area contributed by atoms with Crippen molar-refractivity contribution in [1.29, 1.82) is 0 Å². The average molecular weight is 533 g/mol. The van der Waals surface area contributed by atoms with E-state index >= 15 is 0 Å². The molecule has 0 radical (unpaired) electrons. The number of nitrogens with one attached hydrogen (secondary N) is 1. The number of hydrogen-bond donors (Lipinski definition) is 2. The molecule has 1 amide bonds. The lowest BCUT2D eigenvalue weighted by molar-refractivity contribution is -0.157. The molecule has 3 aromatic carbocycles. The van der Waals surface area contributed by atoms with Crippen LogP contribution in [0.25, 0.3) is 16.5 Å². The van der Waals surface area contributed by atoms with E-state index in [0.717, 1.165) is 46.1 Å². The van der Waals surface area contributed by atoms with E-state index in [2.05, 4.69) is 54.9 Å². The van der Waals surface area contributed by atoms with Gasteiger partial charge in [-0.15, -0.1) is 0 Å². The van der Waals surface area contributed by atoms with Crippen LogP contribution < -0.4 is 4.74 Å². The van der Waals surface area contributed by atoms with Crippen molar-refractivity contribution in [3.05, 3.63) is 107 Å². The smallest absolute Gasteiger partial charge is 0.312 e. The average Bonchev–Trinajstić information content (AvgIpc) is 3.59. The van der Waals surface area contributed by atoms with Crippen LogP contribution in [0.15, 0.2) is 79.4 Å². The number of H-pyrrole nitrogens is 1. The molecule has 1 saturated carbocycles. The fourth-order valence-corrected chi connectivity index (χ4v) is 8.27. The monoisotopic (exact) mass is 532 g/mol. The van der Waals surface area contributed by atoms with E-state index in [4.69, 9.17) is 4.74 Å². The third kappa shape index (κ3) is 3.05. The van der Waals surface area contributed by atoms with Crippen LogP contribution in [-0.4, -0.2) is 47.1 Å². The number of aliphatic carboxylic acids is 1. The van der Waals surface area contributed by atoms with Crippen molar-refractivity contribution in [3.8, 4) is 5.75 Å². The largest absolute Gasteiger partial charge is 0.496 e. The number of carbonyl (C=O) groups excluding carboxylic acids is 1. The maximum Gasteiger partial charge on any atom is 0.312 e. The highest BCUT2D eigenvalue weighted by molar-refractivity contribution is 6.19. The number of hydrogen-bond acceptors (Lipinski definition) is 3. The second kappa shape index (κ2) is 8.59. The molecule has 3 aliphatic carbocycles. The van der Waals surface area contributed by atoms with Crippen LogP contribution in [-0.2, 0) is 15.0 Å². The summed E-state index contributed by atoms with van der Waals surface area (Å²) in [6.07, 6.45) is 1.58. The molecule has 1 unspecified atom stereocenters. The summed E-state index contributed by atoms with van der Waals surface area (Å²) in [5.41, 5.74) is 4.80. The van der Waals surface area contributed by atoms with Gasteiger partial charge in [-0.25, -0.2) is 0 Å². The Bertz CT molecular complexity index is 1700. The van der Waals surface area contributed by atoms with Crippen LogP contribution in [0.1, 0.15) is 46.7 Å². The minimum absolute atomic E-state index is 0.150. The van der Waals surface area contributed by atoms with Crippen LogP contribution >= 0.6 is 0 Å². The lowest BCUT2D eigenvalue weighted by Crippen LogP contribution is -2.60. The fraction of sp³-hybridized carbons (Fsp3) is 0.294. The summed E-state index contributed by atoms with van der Waals surface area (Å²) in [6, 6.07) is 24.1. The molecule has 2 N–H and O–H groups in total. The molecule has 202 valence electrons. The normalized spacial score (nSPS) is 26.4. The van der Waals surface area contributed by atoms with Crippen molar-refractivity contribution in [2.24, 2.45) is 11.3 Å². The number of nitrogens with zero attached hydrogens (tertiary/aromatic N) is 1. The lowest BCUT2D eigenvalue weighted by Gasteiger charge is -2.58. The zero-order chi connectivity index (χ0) is 27.8. The Balaban J connectivity index is 1.42. The molecule has 6 nitrogen and oxygen atoms in total. The number of aromatic amines is 1. The first-order valence-electron chi connectivity index (χ1n) is 13.9. The maximum absolute atomic E-state index is 14.0. The van der Waals surface area contributed by atoms with E-state index in [0.29, 0.717) is 23.4 Å². The standard InChI is InChI=1S/C34H32N2O4/c1-20-12-14-22(15-13-20)33-17-16-25(29-24-9-4-6-10-26(24)35-30(29)33)34(32(38)39)19-36(18-28(33)34)31(37)21(2)23-8-5-7-11-27(23)40-3/h4-15,25,28,35H,2,16-19H2,1,3H3,(H,38,39)/t25-,28?,33+,34+/m1/s1. The van der Waals surface area contributed by atoms with Crippen molar-refractivity contribution in [2.45, 2.75) is 31.1 Å². The topological polar surface area (TPSA) is 82.6 Å². The number of ether oxygens (including phenoxy) is 1. The Morgan fingerprint density at radius 2 is 1.77 bits per heavy atom. The summed E-state index contributed by atoms with van der Waals surface area (Å²) >= 11 is 0. The molecule has 1 aliphatic heterocycles. The summed E-state index contributed by atoms with van der Waals surface area (Å²) in [7, 11) is 1.57. The van der Waals surface area contributed by atoms with E-state index in [9.17, 15) is 14.7 Å². The highest BCUT2D eigenvalue weighted by atomic mass is 16.5. The van der Waals surface area contributed by atoms with Gasteiger partial charge in [0.15, 0.2) is 0 Å². The lowest BCUT2D eigenvalue weighted by atomic mass is 9.43. The van der Waals surface area contributed by atoms with Crippen LogP contribution in [0.3, 0.4) is 0 Å². The summed E-state index contributed by atoms with van der Waals surface area (Å²) in [5, 5.41) is 12.2. The molecule has 2 heterocycles. The minimum Gasteiger partial charge on any atom is -0.496 e. The number of methoxy groups -OCH3 is 1. The Kier molecular flexibility index (Phi) is 5.30. The van der Waals surface area contributed by atoms with Gasteiger partial charge in [0.1, 0.15) is 5.75 Å². The molecule has 6 heteroatoms. The van der Waals surface area contributed by atoms with Gasteiger partial charge in [0, 0.05) is 58.1 Å². The number of amides is 1. The number of fused-ring (bicyclic) bond motifs is 2. The van der Waals surface area contributed by atoms with Gasteiger partial charge < -0.3 is 19.7 Å². The quantitative estimate of drug-likeness (QED) is 0.313. The van der Waals surface area contributed by atoms with Gasteiger partial charge in [0.05, 0.1) is 12.5 Å². The van der Waals surface area contributed by atoms with Gasteiger partial charge in [0.2, 0.25) is 0 Å². The Morgan fingerprint density at radius 1 is 1.05 bits per heavy atom. The summed E-state index contributed by atoms with van der Waals surface area (Å²) in [4.78, 5) is 33.1. The molecule has 1 aromatic heterocycles. The number of rotatable bonds is 5. The fourth-order valence-electron chi connectivity index (χ4n) is 8.27. The minimum atomic E-state index is -1.11. The predicted molar refractivity (Wildman–Crippen MR) is 154 cm³/mol. The highest BCUT2D eigenvalue weighted by Crippen LogP contribution is 2.69. The third-order valence-electron chi connectivity index (χ3n) is 10.0. The maximum atomic E-state index is 14.0. The summed E-state index contributed by atoms with van der Waals surface area (Å²) < 4.78 is 5.50. The molecule has 4 atom stereocenters. The predicted octanol–water partition coefficient (Wildman–Crippen LogP) is 5.90. The van der Waals surface area contributed by atoms with E-state index in [1.165, 1.54) is 0 Å². The number of carboxylic acids is 1. The van der Waals surface area contributed by atoms with E-state index in [1.54, 1.807) is 18.1 Å². The highest BCUT2D eigenvalue weighted by Gasteiger charge is 2.71. The van der Waals surface area contributed by atoms with Gasteiger partial charge in [-0.3, -0.25) is 9.59 Å². The molecular weight excluding hydrogens is 500 g/mol. The Morgan fingerprint density at radius 3 is 2.52 bits per heavy atom. The zero-order valence-electron chi connectivity index (χ0n) is 22.7. The van der Waals surface area contributed by atoms with Gasteiger partial charge in [-0.05, 0) is 43.0 Å². The summed E-state index contributed by atoms with van der Waals surface area (Å²) in [6.45, 7) is 6.71. The number of para-hydroxylation sites is 2. The zero-order valence-corrected chi connectivity index (χ0v) is 22.7. The SMILES string of the molecule is C=C(C(=O)N1CC2[C@@]3(c4ccc(C)cc4)CC[C@H](c4c3[nH]c3ccccc43)[C@@]2(C(=O)O)C1)c1ccccc1OC. The first-order chi connectivity index (χ1) is 19.3. The summed E-state index contributed by atoms with van der Waals surface area (Å²) in [5.74, 6) is -0.998. The van der Waals surface area contributed by atoms with Crippen LogP contribution in [0, 0.1) is 18.3 Å². The molecule has 1 saturated heterocycles. The van der Waals surface area contributed by atoms with Crippen molar-refractivity contribution in [3.63, 3.8) is 0 Å². The van der Waals surface area contributed by atoms with Gasteiger partial charge in [-0.2, -0.15) is 0 Å². The van der Waals surface area contributed by atoms with E-state index in [1.807, 2.05) is 30.3 Å². The van der Waals surface area contributed by atoms with Gasteiger partial charge in [-0.1, -0.05) is 72.8 Å². The number of likely N-dealkylation sites (tertiary alicyclic amines) is 1. The molecule has 2 fully saturated rings. The van der Waals surface area contributed by atoms with Crippen molar-refractivity contribution < 1.29 is 19.4 Å². The number of carbonyl (C=O) groups is 2. The van der Waals surface area contributed by atoms with Crippen molar-refractivity contribution in [2.75, 3.05) is 20.2 Å². The third-order valence-corrected chi connectivity index (χ3v) is 10.0. The van der Waals surface area contributed by atoms with E-state index < -0.39 is 16.8 Å². The molecule has 4 aliphatic rings. The Labute approximate surface area is 233 Å². The van der Waals surface area contributed by atoms with Crippen molar-refractivity contribution in [1.82, 2.24) is 9.88 Å². The number of aryl methyl sites for hydroxylation is 1.